The summed E-state index contributed by atoms with van der Waals surface area (Å²) in [5, 5.41) is 11.0. The third kappa shape index (κ3) is 4.59. The van der Waals surface area contributed by atoms with Gasteiger partial charge in [0.15, 0.2) is 0 Å². The first kappa shape index (κ1) is 15.0. The highest BCUT2D eigenvalue weighted by molar-refractivity contribution is 7.99. The molecule has 1 atom stereocenters. The fourth-order valence-corrected chi connectivity index (χ4v) is 4.01. The normalized spacial score (nSPS) is 18.3. The number of hydrogen-bond acceptors (Lipinski definition) is 3. The van der Waals surface area contributed by atoms with Gasteiger partial charge in [0.25, 0.3) is 0 Å². The van der Waals surface area contributed by atoms with E-state index < -0.39 is 0 Å². The average molecular weight is 301 g/mol. The highest BCUT2D eigenvalue weighted by Crippen LogP contribution is 2.29. The van der Waals surface area contributed by atoms with Crippen LogP contribution in [0.4, 0.5) is 0 Å². The molecule has 1 aliphatic rings. The molecule has 0 amide bonds. The number of methoxy groups -OCH3 is 1. The average Bonchev–Trinajstić information content (AvgIpc) is 2.40. The molecule has 106 valence electrons. The Morgan fingerprint density at radius 1 is 1.42 bits per heavy atom. The van der Waals surface area contributed by atoms with Gasteiger partial charge in [0.1, 0.15) is 5.75 Å². The molecule has 1 aromatic rings. The molecule has 0 saturated carbocycles. The molecule has 1 aromatic carbocycles. The van der Waals surface area contributed by atoms with E-state index in [2.05, 4.69) is 0 Å². The number of hydrogen-bond donors (Lipinski definition) is 1. The van der Waals surface area contributed by atoms with Crippen LogP contribution in [-0.4, -0.2) is 29.8 Å². The van der Waals surface area contributed by atoms with E-state index in [1.165, 1.54) is 24.3 Å². The van der Waals surface area contributed by atoms with E-state index in [-0.39, 0.29) is 6.10 Å². The van der Waals surface area contributed by atoms with E-state index in [4.69, 9.17) is 16.3 Å². The summed E-state index contributed by atoms with van der Waals surface area (Å²) in [7, 11) is 1.65. The van der Waals surface area contributed by atoms with Crippen molar-refractivity contribution in [1.82, 2.24) is 0 Å². The third-order valence-corrected chi connectivity index (χ3v) is 4.93. The Hall–Kier alpha value is -0.380. The number of thioether (sulfide) groups is 1. The Morgan fingerprint density at radius 2 is 2.16 bits per heavy atom. The van der Waals surface area contributed by atoms with Crippen molar-refractivity contribution < 1.29 is 9.84 Å². The first-order chi connectivity index (χ1) is 9.19. The van der Waals surface area contributed by atoms with Crippen molar-refractivity contribution in [3.05, 3.63) is 28.8 Å². The molecule has 2 rings (SSSR count). The Kier molecular flexibility index (Phi) is 5.86. The van der Waals surface area contributed by atoms with Gasteiger partial charge in [0.05, 0.1) is 13.2 Å². The van der Waals surface area contributed by atoms with Gasteiger partial charge in [-0.15, -0.1) is 0 Å². The minimum Gasteiger partial charge on any atom is -0.496 e. The third-order valence-electron chi connectivity index (χ3n) is 3.64. The van der Waals surface area contributed by atoms with E-state index >= 15 is 0 Å². The predicted molar refractivity (Wildman–Crippen MR) is 82.4 cm³/mol. The largest absolute Gasteiger partial charge is 0.496 e. The maximum Gasteiger partial charge on any atom is 0.122 e. The molecule has 4 heteroatoms. The zero-order valence-corrected chi connectivity index (χ0v) is 12.8. The van der Waals surface area contributed by atoms with Crippen LogP contribution >= 0.6 is 23.4 Å². The Balaban J connectivity index is 1.93. The van der Waals surface area contributed by atoms with Crippen molar-refractivity contribution in [1.29, 1.82) is 0 Å². The second-order valence-corrected chi connectivity index (χ2v) is 6.77. The van der Waals surface area contributed by atoms with Gasteiger partial charge < -0.3 is 9.84 Å². The highest BCUT2D eigenvalue weighted by atomic mass is 35.5. The molecule has 0 aliphatic carbocycles. The molecule has 1 saturated heterocycles. The lowest BCUT2D eigenvalue weighted by Gasteiger charge is -2.24. The van der Waals surface area contributed by atoms with Gasteiger partial charge in [-0.25, -0.2) is 0 Å². The van der Waals surface area contributed by atoms with Crippen LogP contribution < -0.4 is 4.74 Å². The lowest BCUT2D eigenvalue weighted by atomic mass is 9.92. The number of aliphatic hydroxyl groups is 1. The van der Waals surface area contributed by atoms with Crippen LogP contribution in [0.2, 0.25) is 5.02 Å². The van der Waals surface area contributed by atoms with Gasteiger partial charge in [0.2, 0.25) is 0 Å². The molecular weight excluding hydrogens is 280 g/mol. The van der Waals surface area contributed by atoms with E-state index in [1.807, 2.05) is 30.0 Å². The summed E-state index contributed by atoms with van der Waals surface area (Å²) in [6.07, 6.45) is 3.66. The molecule has 1 aliphatic heterocycles. The van der Waals surface area contributed by atoms with Crippen LogP contribution in [-0.2, 0) is 6.42 Å². The van der Waals surface area contributed by atoms with Crippen LogP contribution in [0, 0.1) is 5.92 Å². The van der Waals surface area contributed by atoms with E-state index in [0.29, 0.717) is 17.4 Å². The van der Waals surface area contributed by atoms with Crippen molar-refractivity contribution in [2.24, 2.45) is 5.92 Å². The van der Waals surface area contributed by atoms with E-state index in [9.17, 15) is 5.11 Å². The molecule has 0 radical (unpaired) electrons. The highest BCUT2D eigenvalue weighted by Gasteiger charge is 2.19. The van der Waals surface area contributed by atoms with Crippen molar-refractivity contribution in [2.45, 2.75) is 31.8 Å². The Labute approximate surface area is 124 Å². The number of ether oxygens (including phenoxy) is 1. The molecule has 0 spiro atoms. The molecule has 2 nitrogen and oxygen atoms in total. The van der Waals surface area contributed by atoms with Crippen LogP contribution in [0.5, 0.6) is 5.75 Å². The summed E-state index contributed by atoms with van der Waals surface area (Å²) in [5.74, 6) is 3.94. The molecule has 0 aromatic heterocycles. The number of rotatable bonds is 5. The maximum atomic E-state index is 10.3. The molecule has 0 bridgehead atoms. The fraction of sp³-hybridized carbons (Fsp3) is 0.600. The van der Waals surface area contributed by atoms with Gasteiger partial charge in [-0.2, -0.15) is 11.8 Å². The van der Waals surface area contributed by atoms with Crippen LogP contribution in [0.1, 0.15) is 24.8 Å². The number of aliphatic hydroxyl groups excluding tert-OH is 1. The zero-order valence-electron chi connectivity index (χ0n) is 11.3. The maximum absolute atomic E-state index is 10.3. The second kappa shape index (κ2) is 7.41. The standard InChI is InChI=1S/C15H21ClO2S/c1-18-15-3-2-13(16)9-12(15)10-14(17)8-11-4-6-19-7-5-11/h2-3,9,11,14,17H,4-8,10H2,1H3. The molecule has 1 fully saturated rings. The second-order valence-electron chi connectivity index (χ2n) is 5.11. The fourth-order valence-electron chi connectivity index (χ4n) is 2.61. The Bertz CT molecular complexity index is 405. The minimum absolute atomic E-state index is 0.305. The van der Waals surface area contributed by atoms with Gasteiger partial charge in [0, 0.05) is 11.4 Å². The summed E-state index contributed by atoms with van der Waals surface area (Å²) in [6.45, 7) is 0. The smallest absolute Gasteiger partial charge is 0.122 e. The van der Waals surface area contributed by atoms with Crippen molar-refractivity contribution in [3.8, 4) is 5.75 Å². The molecule has 19 heavy (non-hydrogen) atoms. The summed E-state index contributed by atoms with van der Waals surface area (Å²) < 4.78 is 5.32. The molecule has 1 unspecified atom stereocenters. The van der Waals surface area contributed by atoms with Crippen LogP contribution in [0.25, 0.3) is 0 Å². The predicted octanol–water partition coefficient (Wildman–Crippen LogP) is 3.79. The molecular formula is C15H21ClO2S. The van der Waals surface area contributed by atoms with Crippen molar-refractivity contribution >= 4 is 23.4 Å². The summed E-state index contributed by atoms with van der Waals surface area (Å²) in [5.41, 5.74) is 0.993. The van der Waals surface area contributed by atoms with Gasteiger partial charge in [-0.1, -0.05) is 11.6 Å². The van der Waals surface area contributed by atoms with Crippen molar-refractivity contribution in [3.63, 3.8) is 0 Å². The first-order valence-corrected chi connectivity index (χ1v) is 8.30. The lowest BCUT2D eigenvalue weighted by Crippen LogP contribution is -2.19. The van der Waals surface area contributed by atoms with E-state index in [0.717, 1.165) is 17.7 Å². The number of benzene rings is 1. The lowest BCUT2D eigenvalue weighted by molar-refractivity contribution is 0.138. The minimum atomic E-state index is -0.305. The van der Waals surface area contributed by atoms with Crippen molar-refractivity contribution in [2.75, 3.05) is 18.6 Å². The van der Waals surface area contributed by atoms with Crippen LogP contribution in [0.15, 0.2) is 18.2 Å². The molecule has 1 N–H and O–H groups in total. The SMILES string of the molecule is COc1ccc(Cl)cc1CC(O)CC1CCSCC1. The zero-order chi connectivity index (χ0) is 13.7. The van der Waals surface area contributed by atoms with E-state index in [1.54, 1.807) is 7.11 Å². The first-order valence-electron chi connectivity index (χ1n) is 6.77. The Morgan fingerprint density at radius 3 is 2.84 bits per heavy atom. The molecule has 1 heterocycles. The topological polar surface area (TPSA) is 29.5 Å². The van der Waals surface area contributed by atoms with Crippen LogP contribution in [0.3, 0.4) is 0 Å². The van der Waals surface area contributed by atoms with Gasteiger partial charge >= 0.3 is 0 Å². The van der Waals surface area contributed by atoms with Gasteiger partial charge in [-0.05, 0) is 60.4 Å². The summed E-state index contributed by atoms with van der Waals surface area (Å²) in [6, 6.07) is 5.57. The summed E-state index contributed by atoms with van der Waals surface area (Å²) >= 11 is 8.03. The number of halogens is 1. The summed E-state index contributed by atoms with van der Waals surface area (Å²) in [4.78, 5) is 0. The quantitative estimate of drug-likeness (QED) is 0.897. The monoisotopic (exact) mass is 300 g/mol. The van der Waals surface area contributed by atoms with Gasteiger partial charge in [-0.3, -0.25) is 0 Å².